The molecule has 0 bridgehead atoms. The molecule has 4 nitrogen and oxygen atoms in total. The largest absolute Gasteiger partial charge is 0.493 e. The van der Waals surface area contributed by atoms with E-state index in [1.807, 2.05) is 26.1 Å². The van der Waals surface area contributed by atoms with Crippen LogP contribution < -0.4 is 14.2 Å². The van der Waals surface area contributed by atoms with Crippen molar-refractivity contribution in [3.8, 4) is 17.2 Å². The van der Waals surface area contributed by atoms with Gasteiger partial charge < -0.3 is 14.2 Å². The van der Waals surface area contributed by atoms with E-state index in [-0.39, 0.29) is 6.10 Å². The number of hydrogen-bond donors (Lipinski definition) is 0. The molecule has 0 saturated heterocycles. The molecular formula is C14H19NO3. The summed E-state index contributed by atoms with van der Waals surface area (Å²) in [6, 6.07) is 1.95. The summed E-state index contributed by atoms with van der Waals surface area (Å²) in [4.78, 5) is 4.29. The first-order valence-electron chi connectivity index (χ1n) is 6.11. The molecular weight excluding hydrogens is 230 g/mol. The van der Waals surface area contributed by atoms with Gasteiger partial charge in [-0.1, -0.05) is 0 Å². The fraction of sp³-hybridized carbons (Fsp3) is 0.500. The predicted octanol–water partition coefficient (Wildman–Crippen LogP) is 2.47. The molecule has 1 aromatic rings. The molecule has 0 N–H and O–H groups in total. The van der Waals surface area contributed by atoms with Crippen molar-refractivity contribution >= 4 is 6.21 Å². The molecule has 0 aliphatic carbocycles. The molecule has 0 amide bonds. The fourth-order valence-electron chi connectivity index (χ4n) is 2.09. The molecule has 0 saturated carbocycles. The third-order valence-corrected chi connectivity index (χ3v) is 2.84. The number of aliphatic imine (C=N–C) groups is 1. The third kappa shape index (κ3) is 2.28. The molecule has 1 aliphatic heterocycles. The van der Waals surface area contributed by atoms with Gasteiger partial charge in [0.1, 0.15) is 0 Å². The zero-order chi connectivity index (χ0) is 13.1. The van der Waals surface area contributed by atoms with E-state index in [1.165, 1.54) is 0 Å². The average molecular weight is 249 g/mol. The smallest absolute Gasteiger partial charge is 0.203 e. The number of ether oxygens (including phenoxy) is 3. The summed E-state index contributed by atoms with van der Waals surface area (Å²) in [5.41, 5.74) is 2.20. The Balaban J connectivity index is 2.60. The summed E-state index contributed by atoms with van der Waals surface area (Å²) in [5, 5.41) is 0. The average Bonchev–Trinajstić information content (AvgIpc) is 2.37. The maximum Gasteiger partial charge on any atom is 0.203 e. The van der Waals surface area contributed by atoms with Crippen LogP contribution in [0.4, 0.5) is 0 Å². The highest BCUT2D eigenvalue weighted by Gasteiger charge is 2.22. The van der Waals surface area contributed by atoms with Gasteiger partial charge in [-0.25, -0.2) is 0 Å². The van der Waals surface area contributed by atoms with E-state index in [9.17, 15) is 0 Å². The number of methoxy groups -OCH3 is 2. The lowest BCUT2D eigenvalue weighted by Crippen LogP contribution is -2.13. The lowest BCUT2D eigenvalue weighted by Gasteiger charge is -2.22. The van der Waals surface area contributed by atoms with E-state index in [0.717, 1.165) is 29.8 Å². The van der Waals surface area contributed by atoms with Crippen molar-refractivity contribution in [2.24, 2.45) is 4.99 Å². The third-order valence-electron chi connectivity index (χ3n) is 2.84. The standard InChI is InChI=1S/C14H19NO3/c1-9(2)18-13-11-5-6-15-8-10(11)7-12(16-3)14(13)17-4/h7-9H,5-6H2,1-4H3. The van der Waals surface area contributed by atoms with E-state index in [4.69, 9.17) is 14.2 Å². The molecule has 1 aromatic carbocycles. The van der Waals surface area contributed by atoms with Crippen molar-refractivity contribution < 1.29 is 14.2 Å². The second-order valence-electron chi connectivity index (χ2n) is 4.46. The van der Waals surface area contributed by atoms with Gasteiger partial charge in [0, 0.05) is 23.9 Å². The summed E-state index contributed by atoms with van der Waals surface area (Å²) < 4.78 is 16.7. The minimum atomic E-state index is 0.0916. The first-order valence-corrected chi connectivity index (χ1v) is 6.11. The van der Waals surface area contributed by atoms with Gasteiger partial charge in [-0.3, -0.25) is 4.99 Å². The van der Waals surface area contributed by atoms with Gasteiger partial charge in [-0.2, -0.15) is 0 Å². The van der Waals surface area contributed by atoms with Gasteiger partial charge in [-0.15, -0.1) is 0 Å². The van der Waals surface area contributed by atoms with Gasteiger partial charge in [0.05, 0.1) is 20.3 Å². The monoisotopic (exact) mass is 249 g/mol. The van der Waals surface area contributed by atoms with E-state index < -0.39 is 0 Å². The molecule has 1 heterocycles. The van der Waals surface area contributed by atoms with Crippen LogP contribution in [-0.4, -0.2) is 33.1 Å². The van der Waals surface area contributed by atoms with Gasteiger partial charge >= 0.3 is 0 Å². The predicted molar refractivity (Wildman–Crippen MR) is 71.5 cm³/mol. The van der Waals surface area contributed by atoms with Crippen LogP contribution in [0.1, 0.15) is 25.0 Å². The zero-order valence-electron chi connectivity index (χ0n) is 11.3. The number of nitrogens with zero attached hydrogens (tertiary/aromatic N) is 1. The van der Waals surface area contributed by atoms with Crippen LogP contribution in [0.15, 0.2) is 11.1 Å². The molecule has 2 rings (SSSR count). The van der Waals surface area contributed by atoms with Gasteiger partial charge in [0.15, 0.2) is 11.5 Å². The second kappa shape index (κ2) is 5.29. The van der Waals surface area contributed by atoms with Crippen LogP contribution in [0, 0.1) is 0 Å². The first-order chi connectivity index (χ1) is 8.67. The lowest BCUT2D eigenvalue weighted by molar-refractivity contribution is 0.224. The highest BCUT2D eigenvalue weighted by molar-refractivity contribution is 5.86. The SMILES string of the molecule is COc1cc2c(c(OC(C)C)c1OC)CCN=C2. The molecule has 98 valence electrons. The van der Waals surface area contributed by atoms with Crippen LogP contribution >= 0.6 is 0 Å². The van der Waals surface area contributed by atoms with Crippen LogP contribution in [0.25, 0.3) is 0 Å². The Bertz CT molecular complexity index is 467. The van der Waals surface area contributed by atoms with E-state index in [0.29, 0.717) is 11.5 Å². The van der Waals surface area contributed by atoms with Gasteiger partial charge in [0.25, 0.3) is 0 Å². The Morgan fingerprint density at radius 2 is 1.94 bits per heavy atom. The van der Waals surface area contributed by atoms with Crippen molar-refractivity contribution in [2.75, 3.05) is 20.8 Å². The minimum absolute atomic E-state index is 0.0916. The molecule has 0 spiro atoms. The Morgan fingerprint density at radius 1 is 1.17 bits per heavy atom. The molecule has 0 fully saturated rings. The van der Waals surface area contributed by atoms with Crippen molar-refractivity contribution in [3.05, 3.63) is 17.2 Å². The molecule has 0 aromatic heterocycles. The molecule has 18 heavy (non-hydrogen) atoms. The van der Waals surface area contributed by atoms with E-state index in [2.05, 4.69) is 4.99 Å². The Kier molecular flexibility index (Phi) is 3.75. The molecule has 0 radical (unpaired) electrons. The number of hydrogen-bond acceptors (Lipinski definition) is 4. The van der Waals surface area contributed by atoms with E-state index >= 15 is 0 Å². The molecule has 0 unspecified atom stereocenters. The van der Waals surface area contributed by atoms with Crippen molar-refractivity contribution in [2.45, 2.75) is 26.4 Å². The number of rotatable bonds is 4. The summed E-state index contributed by atoms with van der Waals surface area (Å²) in [6.07, 6.45) is 2.83. The normalized spacial score (nSPS) is 13.4. The Morgan fingerprint density at radius 3 is 2.56 bits per heavy atom. The zero-order valence-corrected chi connectivity index (χ0v) is 11.3. The summed E-state index contributed by atoms with van der Waals surface area (Å²) in [7, 11) is 3.26. The Hall–Kier alpha value is -1.71. The number of fused-ring (bicyclic) bond motifs is 1. The maximum absolute atomic E-state index is 5.91. The summed E-state index contributed by atoms with van der Waals surface area (Å²) >= 11 is 0. The van der Waals surface area contributed by atoms with Crippen LogP contribution in [0.2, 0.25) is 0 Å². The van der Waals surface area contributed by atoms with Crippen LogP contribution in [-0.2, 0) is 6.42 Å². The number of benzene rings is 1. The lowest BCUT2D eigenvalue weighted by atomic mass is 10.0. The van der Waals surface area contributed by atoms with Gasteiger partial charge in [0.2, 0.25) is 5.75 Å². The fourth-order valence-corrected chi connectivity index (χ4v) is 2.09. The molecule has 0 atom stereocenters. The Labute approximate surface area is 108 Å². The van der Waals surface area contributed by atoms with Crippen LogP contribution in [0.5, 0.6) is 17.2 Å². The van der Waals surface area contributed by atoms with Crippen LogP contribution in [0.3, 0.4) is 0 Å². The summed E-state index contributed by atoms with van der Waals surface area (Å²) in [6.45, 7) is 4.79. The van der Waals surface area contributed by atoms with Crippen molar-refractivity contribution in [1.82, 2.24) is 0 Å². The minimum Gasteiger partial charge on any atom is -0.493 e. The highest BCUT2D eigenvalue weighted by Crippen LogP contribution is 2.43. The van der Waals surface area contributed by atoms with Crippen molar-refractivity contribution in [1.29, 1.82) is 0 Å². The quantitative estimate of drug-likeness (QED) is 0.823. The van der Waals surface area contributed by atoms with Crippen molar-refractivity contribution in [3.63, 3.8) is 0 Å². The maximum atomic E-state index is 5.91. The van der Waals surface area contributed by atoms with Gasteiger partial charge in [-0.05, 0) is 26.3 Å². The second-order valence-corrected chi connectivity index (χ2v) is 4.46. The first kappa shape index (κ1) is 12.7. The summed E-state index contributed by atoms with van der Waals surface area (Å²) in [5.74, 6) is 2.13. The molecule has 1 aliphatic rings. The highest BCUT2D eigenvalue weighted by atomic mass is 16.5. The molecule has 4 heteroatoms. The topological polar surface area (TPSA) is 40.0 Å². The van der Waals surface area contributed by atoms with E-state index in [1.54, 1.807) is 14.2 Å².